The number of nitrogens with zero attached hydrogens (tertiary/aromatic N) is 1. The normalized spacial score (nSPS) is 15.0. The SMILES string of the molecule is Cc1ccc(S(=O)(=O)Nc2cccc(C(=O)OC(C)C(=O)N3CCCC3)c2)cc1F. The Kier molecular flexibility index (Phi) is 6.40. The summed E-state index contributed by atoms with van der Waals surface area (Å²) < 4.78 is 46.3. The molecule has 1 saturated heterocycles. The highest BCUT2D eigenvalue weighted by Crippen LogP contribution is 2.20. The zero-order chi connectivity index (χ0) is 21.9. The molecule has 1 fully saturated rings. The minimum atomic E-state index is -4.05. The number of nitrogens with one attached hydrogen (secondary N) is 1. The zero-order valence-corrected chi connectivity index (χ0v) is 17.5. The molecule has 0 spiro atoms. The number of hydrogen-bond acceptors (Lipinski definition) is 5. The van der Waals surface area contributed by atoms with E-state index in [4.69, 9.17) is 4.74 Å². The molecule has 1 atom stereocenters. The van der Waals surface area contributed by atoms with Crippen LogP contribution in [0.15, 0.2) is 47.4 Å². The number of sulfonamides is 1. The summed E-state index contributed by atoms with van der Waals surface area (Å²) in [6.45, 7) is 4.34. The second-order valence-corrected chi connectivity index (χ2v) is 8.86. The number of aryl methyl sites for hydroxylation is 1. The number of anilines is 1. The predicted octanol–water partition coefficient (Wildman–Crippen LogP) is 3.10. The lowest BCUT2D eigenvalue weighted by atomic mass is 10.2. The fourth-order valence-corrected chi connectivity index (χ4v) is 4.20. The average Bonchev–Trinajstić information content (AvgIpc) is 3.24. The van der Waals surface area contributed by atoms with Crippen molar-refractivity contribution in [1.82, 2.24) is 4.90 Å². The second kappa shape index (κ2) is 8.83. The maximum Gasteiger partial charge on any atom is 0.338 e. The average molecular weight is 434 g/mol. The first-order chi connectivity index (χ1) is 14.2. The number of amides is 1. The van der Waals surface area contributed by atoms with Crippen LogP contribution >= 0.6 is 0 Å². The fourth-order valence-electron chi connectivity index (χ4n) is 3.14. The van der Waals surface area contributed by atoms with E-state index >= 15 is 0 Å². The molecule has 0 radical (unpaired) electrons. The van der Waals surface area contributed by atoms with Crippen LogP contribution in [0.4, 0.5) is 10.1 Å². The molecule has 2 aromatic carbocycles. The molecule has 160 valence electrons. The van der Waals surface area contributed by atoms with Crippen LogP contribution in [0.1, 0.15) is 35.7 Å². The quantitative estimate of drug-likeness (QED) is 0.706. The van der Waals surface area contributed by atoms with Crippen LogP contribution in [0.25, 0.3) is 0 Å². The van der Waals surface area contributed by atoms with E-state index in [1.807, 2.05) is 0 Å². The molecule has 3 rings (SSSR count). The lowest BCUT2D eigenvalue weighted by molar-refractivity contribution is -0.138. The molecule has 9 heteroatoms. The van der Waals surface area contributed by atoms with Crippen LogP contribution in [-0.2, 0) is 19.6 Å². The summed E-state index contributed by atoms with van der Waals surface area (Å²) in [5.41, 5.74) is 0.534. The van der Waals surface area contributed by atoms with Gasteiger partial charge in [-0.1, -0.05) is 12.1 Å². The highest BCUT2D eigenvalue weighted by Gasteiger charge is 2.26. The van der Waals surface area contributed by atoms with E-state index in [2.05, 4.69) is 4.72 Å². The van der Waals surface area contributed by atoms with Gasteiger partial charge in [-0.3, -0.25) is 9.52 Å². The predicted molar refractivity (Wildman–Crippen MR) is 109 cm³/mol. The van der Waals surface area contributed by atoms with E-state index in [-0.39, 0.29) is 22.1 Å². The Morgan fingerprint density at radius 2 is 1.83 bits per heavy atom. The van der Waals surface area contributed by atoms with Crippen molar-refractivity contribution in [2.45, 2.75) is 37.7 Å². The molecule has 1 aliphatic heterocycles. The van der Waals surface area contributed by atoms with Crippen LogP contribution in [0.5, 0.6) is 0 Å². The largest absolute Gasteiger partial charge is 0.449 e. The molecular formula is C21H23FN2O5S. The molecule has 0 bridgehead atoms. The zero-order valence-electron chi connectivity index (χ0n) is 16.7. The van der Waals surface area contributed by atoms with Gasteiger partial charge in [0.15, 0.2) is 6.10 Å². The third-order valence-corrected chi connectivity index (χ3v) is 6.23. The molecule has 0 aliphatic carbocycles. The molecule has 1 N–H and O–H groups in total. The molecule has 7 nitrogen and oxygen atoms in total. The van der Waals surface area contributed by atoms with Gasteiger partial charge in [-0.2, -0.15) is 0 Å². The van der Waals surface area contributed by atoms with Crippen LogP contribution in [0, 0.1) is 12.7 Å². The molecule has 1 heterocycles. The molecule has 0 aromatic heterocycles. The van der Waals surface area contributed by atoms with Crippen molar-refractivity contribution in [2.75, 3.05) is 17.8 Å². The van der Waals surface area contributed by atoms with Gasteiger partial charge in [-0.25, -0.2) is 17.6 Å². The molecule has 1 aliphatic rings. The van der Waals surface area contributed by atoms with Crippen molar-refractivity contribution < 1.29 is 27.1 Å². The van der Waals surface area contributed by atoms with Gasteiger partial charge < -0.3 is 9.64 Å². The van der Waals surface area contributed by atoms with E-state index in [0.717, 1.165) is 18.9 Å². The fraction of sp³-hybridized carbons (Fsp3) is 0.333. The van der Waals surface area contributed by atoms with Crippen molar-refractivity contribution in [3.05, 3.63) is 59.4 Å². The first kappa shape index (κ1) is 21.8. The first-order valence-corrected chi connectivity index (χ1v) is 11.0. The number of benzene rings is 2. The molecule has 2 aromatic rings. The Bertz CT molecular complexity index is 1060. The summed E-state index contributed by atoms with van der Waals surface area (Å²) in [5.74, 6) is -1.62. The number of likely N-dealkylation sites (tertiary alicyclic amines) is 1. The third-order valence-electron chi connectivity index (χ3n) is 4.85. The van der Waals surface area contributed by atoms with Gasteiger partial charge in [0.2, 0.25) is 0 Å². The van der Waals surface area contributed by atoms with Crippen molar-refractivity contribution >= 4 is 27.6 Å². The van der Waals surface area contributed by atoms with Gasteiger partial charge in [0, 0.05) is 18.8 Å². The maximum absolute atomic E-state index is 13.7. The van der Waals surface area contributed by atoms with Gasteiger partial charge in [0.25, 0.3) is 15.9 Å². The standard InChI is InChI=1S/C21H23FN2O5S/c1-14-8-9-18(13-19(14)22)30(27,28)23-17-7-5-6-16(12-17)21(26)29-15(2)20(25)24-10-3-4-11-24/h5-9,12-13,15,23H,3-4,10-11H2,1-2H3. The summed E-state index contributed by atoms with van der Waals surface area (Å²) in [5, 5.41) is 0. The van der Waals surface area contributed by atoms with E-state index in [9.17, 15) is 22.4 Å². The Hall–Kier alpha value is -2.94. The number of carbonyl (C=O) groups is 2. The van der Waals surface area contributed by atoms with E-state index in [1.165, 1.54) is 50.2 Å². The highest BCUT2D eigenvalue weighted by molar-refractivity contribution is 7.92. The molecule has 0 saturated carbocycles. The first-order valence-electron chi connectivity index (χ1n) is 9.56. The highest BCUT2D eigenvalue weighted by atomic mass is 32.2. The van der Waals surface area contributed by atoms with Crippen LogP contribution < -0.4 is 4.72 Å². The summed E-state index contributed by atoms with van der Waals surface area (Å²) in [4.78, 5) is 26.1. The molecule has 1 unspecified atom stereocenters. The number of ether oxygens (including phenoxy) is 1. The Morgan fingerprint density at radius 3 is 2.50 bits per heavy atom. The Labute approximate surface area is 174 Å². The van der Waals surface area contributed by atoms with Gasteiger partial charge in [0.05, 0.1) is 10.5 Å². The van der Waals surface area contributed by atoms with Crippen molar-refractivity contribution in [3.63, 3.8) is 0 Å². The van der Waals surface area contributed by atoms with Crippen LogP contribution in [0.3, 0.4) is 0 Å². The van der Waals surface area contributed by atoms with Crippen LogP contribution in [-0.4, -0.2) is 44.4 Å². The van der Waals surface area contributed by atoms with E-state index < -0.39 is 27.9 Å². The summed E-state index contributed by atoms with van der Waals surface area (Å²) in [7, 11) is -4.05. The van der Waals surface area contributed by atoms with Gasteiger partial charge in [0.1, 0.15) is 5.82 Å². The number of hydrogen-bond donors (Lipinski definition) is 1. The minimum Gasteiger partial charge on any atom is -0.449 e. The summed E-state index contributed by atoms with van der Waals surface area (Å²) in [6.07, 6.45) is 0.922. The summed E-state index contributed by atoms with van der Waals surface area (Å²) >= 11 is 0. The summed E-state index contributed by atoms with van der Waals surface area (Å²) in [6, 6.07) is 9.30. The second-order valence-electron chi connectivity index (χ2n) is 7.18. The molecular weight excluding hydrogens is 411 g/mol. The number of carbonyl (C=O) groups excluding carboxylic acids is 2. The molecule has 1 amide bonds. The van der Waals surface area contributed by atoms with Crippen LogP contribution in [0.2, 0.25) is 0 Å². The number of rotatable bonds is 6. The number of esters is 1. The Morgan fingerprint density at radius 1 is 1.13 bits per heavy atom. The topological polar surface area (TPSA) is 92.8 Å². The maximum atomic E-state index is 13.7. The Balaban J connectivity index is 1.71. The van der Waals surface area contributed by atoms with Gasteiger partial charge in [-0.15, -0.1) is 0 Å². The third kappa shape index (κ3) is 4.96. The van der Waals surface area contributed by atoms with Crippen molar-refractivity contribution in [1.29, 1.82) is 0 Å². The van der Waals surface area contributed by atoms with Crippen molar-refractivity contribution in [2.24, 2.45) is 0 Å². The van der Waals surface area contributed by atoms with Crippen molar-refractivity contribution in [3.8, 4) is 0 Å². The number of halogens is 1. The smallest absolute Gasteiger partial charge is 0.338 e. The minimum absolute atomic E-state index is 0.0892. The lowest BCUT2D eigenvalue weighted by Crippen LogP contribution is -2.38. The van der Waals surface area contributed by atoms with E-state index in [1.54, 1.807) is 4.90 Å². The van der Waals surface area contributed by atoms with E-state index in [0.29, 0.717) is 18.7 Å². The van der Waals surface area contributed by atoms with Gasteiger partial charge in [-0.05, 0) is 62.6 Å². The lowest BCUT2D eigenvalue weighted by Gasteiger charge is -2.20. The van der Waals surface area contributed by atoms with Gasteiger partial charge >= 0.3 is 5.97 Å². The molecule has 30 heavy (non-hydrogen) atoms. The monoisotopic (exact) mass is 434 g/mol.